The van der Waals surface area contributed by atoms with Crippen LogP contribution in [0.1, 0.15) is 32.8 Å². The zero-order valence-electron chi connectivity index (χ0n) is 17.5. The first-order chi connectivity index (χ1) is 14.9. The third-order valence-electron chi connectivity index (χ3n) is 5.15. The molecule has 0 spiro atoms. The molecule has 160 valence electrons. The first-order valence-electron chi connectivity index (χ1n) is 10.2. The molecular weight excluding hydrogens is 415 g/mol. The fourth-order valence-electron chi connectivity index (χ4n) is 3.49. The van der Waals surface area contributed by atoms with Crippen LogP contribution in [-0.2, 0) is 9.59 Å². The van der Waals surface area contributed by atoms with Gasteiger partial charge in [-0.25, -0.2) is 14.3 Å². The van der Waals surface area contributed by atoms with Crippen LogP contribution < -0.4 is 5.32 Å². The number of nitrogens with one attached hydrogen (secondary N) is 1. The summed E-state index contributed by atoms with van der Waals surface area (Å²) < 4.78 is 13.1. The molecule has 2 amide bonds. The average Bonchev–Trinajstić information content (AvgIpc) is 3.11. The highest BCUT2D eigenvalue weighted by molar-refractivity contribution is 8.15. The lowest BCUT2D eigenvalue weighted by Gasteiger charge is -2.27. The Bertz CT molecular complexity index is 1080. The minimum atomic E-state index is -0.485. The summed E-state index contributed by atoms with van der Waals surface area (Å²) in [4.78, 5) is 37.0. The van der Waals surface area contributed by atoms with Gasteiger partial charge in [0.05, 0.1) is 10.9 Å². The van der Waals surface area contributed by atoms with E-state index < -0.39 is 11.3 Å². The highest BCUT2D eigenvalue weighted by Crippen LogP contribution is 2.36. The second-order valence-electron chi connectivity index (χ2n) is 7.74. The standard InChI is InChI=1S/C23H23FN4O2S/c1-4-18(21(29)25-15-11-9-14(24)10-12-15)31-23-26-17-8-6-5-7-16(17)20-27-19(13(2)3)22(30)28(20)23/h5-13,18-19H,4H2,1-3H3,(H,25,29)/t18-,19-/m1/s1. The molecule has 0 saturated carbocycles. The van der Waals surface area contributed by atoms with E-state index in [-0.39, 0.29) is 23.5 Å². The molecule has 2 aromatic rings. The summed E-state index contributed by atoms with van der Waals surface area (Å²) in [5.74, 6) is -0.0853. The monoisotopic (exact) mass is 438 g/mol. The van der Waals surface area contributed by atoms with Gasteiger partial charge in [-0.05, 0) is 48.7 Å². The number of para-hydroxylation sites is 1. The fraction of sp³-hybridized carbons (Fsp3) is 0.304. The summed E-state index contributed by atoms with van der Waals surface area (Å²) in [6.45, 7) is 5.83. The van der Waals surface area contributed by atoms with Gasteiger partial charge in [-0.1, -0.05) is 44.7 Å². The molecule has 0 fully saturated rings. The summed E-state index contributed by atoms with van der Waals surface area (Å²) >= 11 is 1.24. The molecule has 2 aromatic carbocycles. The molecular formula is C23H23FN4O2S. The number of amidine groups is 2. The third kappa shape index (κ3) is 4.12. The Kier molecular flexibility index (Phi) is 5.91. The van der Waals surface area contributed by atoms with Crippen LogP contribution in [0, 0.1) is 11.7 Å². The van der Waals surface area contributed by atoms with E-state index >= 15 is 0 Å². The zero-order valence-corrected chi connectivity index (χ0v) is 18.3. The minimum absolute atomic E-state index is 0.0489. The SMILES string of the molecule is CC[C@@H](SC1=Nc2ccccc2C2=N[C@H](C(C)C)C(=O)N12)C(=O)Nc1ccc(F)cc1. The minimum Gasteiger partial charge on any atom is -0.325 e. The molecule has 0 unspecified atom stereocenters. The van der Waals surface area contributed by atoms with Crippen molar-refractivity contribution in [3.63, 3.8) is 0 Å². The fourth-order valence-corrected chi connectivity index (χ4v) is 4.51. The molecule has 6 nitrogen and oxygen atoms in total. The van der Waals surface area contributed by atoms with Gasteiger partial charge in [0.25, 0.3) is 5.91 Å². The van der Waals surface area contributed by atoms with Gasteiger partial charge in [-0.15, -0.1) is 0 Å². The number of carbonyl (C=O) groups is 2. The van der Waals surface area contributed by atoms with Crippen molar-refractivity contribution in [1.82, 2.24) is 4.90 Å². The predicted molar refractivity (Wildman–Crippen MR) is 122 cm³/mol. The summed E-state index contributed by atoms with van der Waals surface area (Å²) in [6, 6.07) is 12.7. The second kappa shape index (κ2) is 8.63. The van der Waals surface area contributed by atoms with Gasteiger partial charge in [-0.3, -0.25) is 14.6 Å². The highest BCUT2D eigenvalue weighted by Gasteiger charge is 2.43. The van der Waals surface area contributed by atoms with Gasteiger partial charge in [0.1, 0.15) is 17.7 Å². The van der Waals surface area contributed by atoms with Gasteiger partial charge in [0, 0.05) is 11.3 Å². The van der Waals surface area contributed by atoms with Crippen LogP contribution in [0.15, 0.2) is 58.5 Å². The summed E-state index contributed by atoms with van der Waals surface area (Å²) in [5, 5.41) is 2.78. The molecule has 0 saturated heterocycles. The smallest absolute Gasteiger partial charge is 0.259 e. The second-order valence-corrected chi connectivity index (χ2v) is 8.91. The number of carbonyl (C=O) groups excluding carboxylic acids is 2. The van der Waals surface area contributed by atoms with E-state index in [0.717, 1.165) is 11.3 Å². The Labute approximate surface area is 184 Å². The maximum absolute atomic E-state index is 13.1. The van der Waals surface area contributed by atoms with E-state index in [1.807, 2.05) is 45.0 Å². The molecule has 31 heavy (non-hydrogen) atoms. The van der Waals surface area contributed by atoms with Gasteiger partial charge >= 0.3 is 0 Å². The predicted octanol–water partition coefficient (Wildman–Crippen LogP) is 4.59. The van der Waals surface area contributed by atoms with Crippen molar-refractivity contribution in [2.75, 3.05) is 5.32 Å². The summed E-state index contributed by atoms with van der Waals surface area (Å²) in [5.41, 5.74) is 2.05. The van der Waals surface area contributed by atoms with Crippen molar-refractivity contribution in [2.45, 2.75) is 38.5 Å². The molecule has 2 heterocycles. The van der Waals surface area contributed by atoms with Crippen LogP contribution in [0.2, 0.25) is 0 Å². The number of rotatable bonds is 5. The molecule has 2 aliphatic heterocycles. The van der Waals surface area contributed by atoms with Crippen molar-refractivity contribution in [3.05, 3.63) is 59.9 Å². The van der Waals surface area contributed by atoms with Gasteiger partial charge in [-0.2, -0.15) is 0 Å². The lowest BCUT2D eigenvalue weighted by atomic mass is 10.1. The van der Waals surface area contributed by atoms with E-state index in [1.165, 1.54) is 36.0 Å². The zero-order chi connectivity index (χ0) is 22.1. The molecule has 0 radical (unpaired) electrons. The Morgan fingerprint density at radius 2 is 1.90 bits per heavy atom. The van der Waals surface area contributed by atoms with Crippen LogP contribution in [0.4, 0.5) is 15.8 Å². The molecule has 4 rings (SSSR count). The summed E-state index contributed by atoms with van der Waals surface area (Å²) in [7, 11) is 0. The van der Waals surface area contributed by atoms with E-state index in [2.05, 4.69) is 5.32 Å². The van der Waals surface area contributed by atoms with E-state index in [0.29, 0.717) is 23.1 Å². The molecule has 0 aliphatic carbocycles. The average molecular weight is 439 g/mol. The van der Waals surface area contributed by atoms with Crippen LogP contribution in [0.3, 0.4) is 0 Å². The Morgan fingerprint density at radius 3 is 2.58 bits per heavy atom. The Morgan fingerprint density at radius 1 is 1.19 bits per heavy atom. The van der Waals surface area contributed by atoms with Crippen molar-refractivity contribution < 1.29 is 14.0 Å². The normalized spacial score (nSPS) is 18.3. The maximum Gasteiger partial charge on any atom is 0.259 e. The van der Waals surface area contributed by atoms with Crippen LogP contribution in [-0.4, -0.2) is 39.0 Å². The Hall–Kier alpha value is -3.00. The molecule has 0 bridgehead atoms. The molecule has 1 N–H and O–H groups in total. The third-order valence-corrected chi connectivity index (χ3v) is 6.47. The molecule has 8 heteroatoms. The number of halogens is 1. The quantitative estimate of drug-likeness (QED) is 0.742. The van der Waals surface area contributed by atoms with E-state index in [9.17, 15) is 14.0 Å². The number of nitrogens with zero attached hydrogens (tertiary/aromatic N) is 3. The molecule has 0 aromatic heterocycles. The van der Waals surface area contributed by atoms with E-state index in [1.54, 1.807) is 4.90 Å². The molecule has 2 aliphatic rings. The number of amides is 2. The van der Waals surface area contributed by atoms with Gasteiger partial charge in [0.15, 0.2) is 5.17 Å². The number of fused-ring (bicyclic) bond motifs is 3. The highest BCUT2D eigenvalue weighted by atomic mass is 32.2. The summed E-state index contributed by atoms with van der Waals surface area (Å²) in [6.07, 6.45) is 0.528. The van der Waals surface area contributed by atoms with E-state index in [4.69, 9.17) is 9.98 Å². The first-order valence-corrected chi connectivity index (χ1v) is 11.1. The van der Waals surface area contributed by atoms with Crippen LogP contribution >= 0.6 is 11.8 Å². The topological polar surface area (TPSA) is 74.1 Å². The number of thioether (sulfide) groups is 1. The van der Waals surface area contributed by atoms with Gasteiger partial charge in [0.2, 0.25) is 5.91 Å². The number of benzene rings is 2. The molecule has 2 atom stereocenters. The number of aliphatic imine (C=N–C) groups is 2. The van der Waals surface area contributed by atoms with Crippen LogP contribution in [0.5, 0.6) is 0 Å². The Balaban J connectivity index is 1.62. The van der Waals surface area contributed by atoms with Crippen molar-refractivity contribution in [3.8, 4) is 0 Å². The lowest BCUT2D eigenvalue weighted by Crippen LogP contribution is -2.43. The maximum atomic E-state index is 13.1. The number of hydrogen-bond donors (Lipinski definition) is 1. The number of anilines is 1. The van der Waals surface area contributed by atoms with Crippen molar-refractivity contribution in [2.24, 2.45) is 15.9 Å². The van der Waals surface area contributed by atoms with Gasteiger partial charge < -0.3 is 5.32 Å². The first kappa shape index (κ1) is 21.2. The number of hydrogen-bond acceptors (Lipinski definition) is 5. The van der Waals surface area contributed by atoms with Crippen LogP contribution in [0.25, 0.3) is 0 Å². The van der Waals surface area contributed by atoms with Crippen molar-refractivity contribution >= 4 is 46.0 Å². The van der Waals surface area contributed by atoms with Crippen molar-refractivity contribution in [1.29, 1.82) is 0 Å². The lowest BCUT2D eigenvalue weighted by molar-refractivity contribution is -0.125. The largest absolute Gasteiger partial charge is 0.325 e.